The predicted molar refractivity (Wildman–Crippen MR) is 72.6 cm³/mol. The summed E-state index contributed by atoms with van der Waals surface area (Å²) in [5.74, 6) is 0.0425. The first-order valence-electron chi connectivity index (χ1n) is 6.56. The Morgan fingerprint density at radius 3 is 2.68 bits per heavy atom. The highest BCUT2D eigenvalue weighted by Gasteiger charge is 2.38. The predicted octanol–water partition coefficient (Wildman–Crippen LogP) is 1.10. The Morgan fingerprint density at radius 1 is 1.32 bits per heavy atom. The molecule has 19 heavy (non-hydrogen) atoms. The maximum atomic E-state index is 12.3. The summed E-state index contributed by atoms with van der Waals surface area (Å²) in [4.78, 5) is 27.3. The van der Waals surface area contributed by atoms with Crippen LogP contribution in [-0.4, -0.2) is 48.9 Å². The number of rotatable bonds is 2. The maximum absolute atomic E-state index is 12.3. The Labute approximate surface area is 112 Å². The molecule has 0 bridgehead atoms. The first-order chi connectivity index (χ1) is 9.16. The average molecular weight is 259 g/mol. The van der Waals surface area contributed by atoms with E-state index in [1.807, 2.05) is 17.0 Å². The number of benzene rings is 1. The molecular formula is C14H17N3O2. The third-order valence-electron chi connectivity index (χ3n) is 3.81. The van der Waals surface area contributed by atoms with Gasteiger partial charge in [0.25, 0.3) is 0 Å². The van der Waals surface area contributed by atoms with Gasteiger partial charge in [0.15, 0.2) is 5.78 Å². The molecule has 1 N–H and O–H groups in total. The van der Waals surface area contributed by atoms with Gasteiger partial charge in [-0.2, -0.15) is 0 Å². The van der Waals surface area contributed by atoms with E-state index in [1.165, 1.54) is 0 Å². The number of nitrogens with one attached hydrogen (secondary N) is 1. The van der Waals surface area contributed by atoms with Gasteiger partial charge < -0.3 is 10.2 Å². The first-order valence-corrected chi connectivity index (χ1v) is 6.56. The number of urea groups is 1. The zero-order valence-corrected chi connectivity index (χ0v) is 10.9. The van der Waals surface area contributed by atoms with Gasteiger partial charge in [0, 0.05) is 37.4 Å². The number of anilines is 1. The first kappa shape index (κ1) is 12.2. The van der Waals surface area contributed by atoms with Crippen LogP contribution in [0.5, 0.6) is 0 Å². The molecule has 0 saturated carbocycles. The number of piperazine rings is 1. The summed E-state index contributed by atoms with van der Waals surface area (Å²) < 4.78 is 0. The lowest BCUT2D eigenvalue weighted by Gasteiger charge is -2.28. The van der Waals surface area contributed by atoms with Crippen molar-refractivity contribution >= 4 is 17.5 Å². The van der Waals surface area contributed by atoms with Crippen molar-refractivity contribution in [3.63, 3.8) is 0 Å². The van der Waals surface area contributed by atoms with Crippen LogP contribution < -0.4 is 10.2 Å². The average Bonchev–Trinajstić information content (AvgIpc) is 2.77. The lowest BCUT2D eigenvalue weighted by Crippen LogP contribution is -2.49. The molecule has 5 heteroatoms. The Hall–Kier alpha value is -1.88. The molecule has 1 atom stereocenters. The minimum atomic E-state index is 0.0425. The van der Waals surface area contributed by atoms with Crippen LogP contribution >= 0.6 is 0 Å². The molecule has 2 heterocycles. The Balaban J connectivity index is 1.82. The molecule has 5 nitrogen and oxygen atoms in total. The van der Waals surface area contributed by atoms with E-state index in [0.717, 1.165) is 25.3 Å². The van der Waals surface area contributed by atoms with E-state index < -0.39 is 0 Å². The minimum Gasteiger partial charge on any atom is -0.317 e. The smallest absolute Gasteiger partial charge is 0.317 e. The second-order valence-electron chi connectivity index (χ2n) is 5.05. The normalized spacial score (nSPS) is 22.6. The Bertz CT molecular complexity index is 512. The summed E-state index contributed by atoms with van der Waals surface area (Å²) >= 11 is 0. The van der Waals surface area contributed by atoms with E-state index >= 15 is 0 Å². The fourth-order valence-corrected chi connectivity index (χ4v) is 2.71. The van der Waals surface area contributed by atoms with E-state index in [-0.39, 0.29) is 17.9 Å². The summed E-state index contributed by atoms with van der Waals surface area (Å²) in [5.41, 5.74) is 1.54. The summed E-state index contributed by atoms with van der Waals surface area (Å²) in [7, 11) is 0. The van der Waals surface area contributed by atoms with Crippen LogP contribution in [0.1, 0.15) is 17.3 Å². The van der Waals surface area contributed by atoms with Crippen LogP contribution in [-0.2, 0) is 0 Å². The molecule has 2 fully saturated rings. The van der Waals surface area contributed by atoms with E-state index in [0.29, 0.717) is 12.1 Å². The highest BCUT2D eigenvalue weighted by molar-refractivity contribution is 5.97. The van der Waals surface area contributed by atoms with Gasteiger partial charge in [-0.3, -0.25) is 9.69 Å². The van der Waals surface area contributed by atoms with Crippen molar-refractivity contribution in [2.45, 2.75) is 13.0 Å². The van der Waals surface area contributed by atoms with Crippen molar-refractivity contribution in [1.29, 1.82) is 0 Å². The Morgan fingerprint density at radius 2 is 2.05 bits per heavy atom. The Kier molecular flexibility index (Phi) is 2.98. The zero-order valence-electron chi connectivity index (χ0n) is 10.9. The summed E-state index contributed by atoms with van der Waals surface area (Å²) in [5, 5.41) is 3.31. The van der Waals surface area contributed by atoms with Crippen LogP contribution in [0.4, 0.5) is 10.5 Å². The van der Waals surface area contributed by atoms with Crippen molar-refractivity contribution in [2.75, 3.05) is 31.1 Å². The van der Waals surface area contributed by atoms with Crippen LogP contribution in [0.15, 0.2) is 24.3 Å². The van der Waals surface area contributed by atoms with Gasteiger partial charge in [-0.05, 0) is 31.2 Å². The second-order valence-corrected chi connectivity index (χ2v) is 5.05. The number of Topliss-reactive ketones (excluding diaryl/α,β-unsaturated/α-hetero) is 1. The number of carbonyl (C=O) groups excluding carboxylic acids is 2. The quantitative estimate of drug-likeness (QED) is 0.809. The monoisotopic (exact) mass is 259 g/mol. The molecule has 2 amide bonds. The number of hydrogen-bond donors (Lipinski definition) is 1. The molecule has 0 aromatic heterocycles. The van der Waals surface area contributed by atoms with Gasteiger partial charge in [0.05, 0.1) is 6.04 Å². The number of nitrogens with zero attached hydrogens (tertiary/aromatic N) is 2. The molecule has 100 valence electrons. The fourth-order valence-electron chi connectivity index (χ4n) is 2.71. The van der Waals surface area contributed by atoms with Crippen LogP contribution in [0, 0.1) is 0 Å². The molecule has 0 radical (unpaired) electrons. The largest absolute Gasteiger partial charge is 0.324 e. The molecule has 2 aliphatic heterocycles. The van der Waals surface area contributed by atoms with Crippen LogP contribution in [0.2, 0.25) is 0 Å². The highest BCUT2D eigenvalue weighted by atomic mass is 16.2. The maximum Gasteiger partial charge on any atom is 0.324 e. The standard InChI is InChI=1S/C14H17N3O2/c1-10(18)11-2-4-12(5-3-11)17-9-13-8-15-6-7-16(13)14(17)19/h2-5,13,15H,6-9H2,1H3. The van der Waals surface area contributed by atoms with Gasteiger partial charge in [0.2, 0.25) is 0 Å². The van der Waals surface area contributed by atoms with Gasteiger partial charge in [0.1, 0.15) is 0 Å². The lowest BCUT2D eigenvalue weighted by molar-refractivity contribution is 0.101. The number of hydrogen-bond acceptors (Lipinski definition) is 3. The molecular weight excluding hydrogens is 242 g/mol. The van der Waals surface area contributed by atoms with E-state index in [9.17, 15) is 9.59 Å². The molecule has 1 aromatic rings. The van der Waals surface area contributed by atoms with Gasteiger partial charge >= 0.3 is 6.03 Å². The van der Waals surface area contributed by atoms with E-state index in [4.69, 9.17) is 0 Å². The third-order valence-corrected chi connectivity index (χ3v) is 3.81. The summed E-state index contributed by atoms with van der Waals surface area (Å²) in [6.07, 6.45) is 0. The lowest BCUT2D eigenvalue weighted by atomic mass is 10.1. The topological polar surface area (TPSA) is 52.7 Å². The second kappa shape index (κ2) is 4.66. The molecule has 3 rings (SSSR count). The molecule has 0 spiro atoms. The van der Waals surface area contributed by atoms with Crippen molar-refractivity contribution in [3.8, 4) is 0 Å². The van der Waals surface area contributed by atoms with Gasteiger partial charge in [-0.1, -0.05) is 0 Å². The molecule has 1 aromatic carbocycles. The summed E-state index contributed by atoms with van der Waals surface area (Å²) in [6.45, 7) is 4.74. The van der Waals surface area contributed by atoms with Crippen molar-refractivity contribution in [3.05, 3.63) is 29.8 Å². The van der Waals surface area contributed by atoms with Crippen molar-refractivity contribution in [2.24, 2.45) is 0 Å². The van der Waals surface area contributed by atoms with E-state index in [2.05, 4.69) is 5.32 Å². The zero-order chi connectivity index (χ0) is 13.4. The fraction of sp³-hybridized carbons (Fsp3) is 0.429. The molecule has 2 aliphatic rings. The summed E-state index contributed by atoms with van der Waals surface area (Å²) in [6, 6.07) is 7.58. The SMILES string of the molecule is CC(=O)c1ccc(N2CC3CNCCN3C2=O)cc1. The third kappa shape index (κ3) is 2.10. The van der Waals surface area contributed by atoms with Gasteiger partial charge in [-0.15, -0.1) is 0 Å². The van der Waals surface area contributed by atoms with Gasteiger partial charge in [-0.25, -0.2) is 4.79 Å². The van der Waals surface area contributed by atoms with Crippen molar-refractivity contribution < 1.29 is 9.59 Å². The van der Waals surface area contributed by atoms with Crippen LogP contribution in [0.25, 0.3) is 0 Å². The van der Waals surface area contributed by atoms with E-state index in [1.54, 1.807) is 24.0 Å². The number of amides is 2. The van der Waals surface area contributed by atoms with Crippen molar-refractivity contribution in [1.82, 2.24) is 10.2 Å². The molecule has 2 saturated heterocycles. The molecule has 1 unspecified atom stereocenters. The molecule has 0 aliphatic carbocycles. The number of carbonyl (C=O) groups is 2. The number of fused-ring (bicyclic) bond motifs is 1. The van der Waals surface area contributed by atoms with Crippen LogP contribution in [0.3, 0.4) is 0 Å². The highest BCUT2D eigenvalue weighted by Crippen LogP contribution is 2.25. The number of ketones is 1. The minimum absolute atomic E-state index is 0.0425.